The first kappa shape index (κ1) is 17.0. The minimum atomic E-state index is 0.208. The summed E-state index contributed by atoms with van der Waals surface area (Å²) in [5, 5.41) is 0.874. The summed E-state index contributed by atoms with van der Waals surface area (Å²) < 4.78 is 7.37. The van der Waals surface area contributed by atoms with Gasteiger partial charge in [-0.25, -0.2) is 4.98 Å². The van der Waals surface area contributed by atoms with Gasteiger partial charge in [0.1, 0.15) is 0 Å². The molecule has 6 heteroatoms. The first-order valence-corrected chi connectivity index (χ1v) is 9.28. The fraction of sp³-hybridized carbons (Fsp3) is 0.444. The minimum absolute atomic E-state index is 0.208. The van der Waals surface area contributed by atoms with Crippen LogP contribution < -0.4 is 0 Å². The molecule has 1 aliphatic heterocycles. The number of methoxy groups -OCH3 is 1. The van der Waals surface area contributed by atoms with Gasteiger partial charge in [-0.05, 0) is 18.4 Å². The number of hydrogen-bond acceptors (Lipinski definition) is 4. The second-order valence-electron chi connectivity index (χ2n) is 5.81. The van der Waals surface area contributed by atoms with Gasteiger partial charge >= 0.3 is 0 Å². The van der Waals surface area contributed by atoms with Crippen LogP contribution in [-0.4, -0.2) is 52.9 Å². The highest BCUT2D eigenvalue weighted by molar-refractivity contribution is 7.99. The van der Waals surface area contributed by atoms with Crippen molar-refractivity contribution in [3.05, 3.63) is 36.5 Å². The Labute approximate surface area is 147 Å². The number of carbonyl (C=O) groups excluding carboxylic acids is 1. The van der Waals surface area contributed by atoms with Crippen molar-refractivity contribution in [1.82, 2.24) is 14.5 Å². The maximum Gasteiger partial charge on any atom is 0.233 e. The van der Waals surface area contributed by atoms with Gasteiger partial charge in [-0.2, -0.15) is 0 Å². The van der Waals surface area contributed by atoms with Crippen LogP contribution in [0.5, 0.6) is 0 Å². The van der Waals surface area contributed by atoms with Crippen LogP contribution in [0.15, 0.2) is 41.7 Å². The molecule has 0 spiro atoms. The molecule has 1 saturated heterocycles. The third-order valence-electron chi connectivity index (χ3n) is 4.19. The van der Waals surface area contributed by atoms with Crippen LogP contribution in [-0.2, 0) is 16.1 Å². The fourth-order valence-electron chi connectivity index (χ4n) is 2.90. The number of aromatic nitrogens is 2. The minimum Gasteiger partial charge on any atom is -0.383 e. The van der Waals surface area contributed by atoms with Crippen molar-refractivity contribution >= 4 is 17.7 Å². The molecule has 0 N–H and O–H groups in total. The smallest absolute Gasteiger partial charge is 0.233 e. The van der Waals surface area contributed by atoms with E-state index in [4.69, 9.17) is 4.74 Å². The highest BCUT2D eigenvalue weighted by Gasteiger charge is 2.19. The first-order valence-electron chi connectivity index (χ1n) is 8.30. The Morgan fingerprint density at radius 1 is 1.25 bits per heavy atom. The lowest BCUT2D eigenvalue weighted by Gasteiger charge is -2.15. The SMILES string of the molecule is COCCn1c(-c2ccccc2)cnc1SCC(=O)N1CCCC1. The number of carbonyl (C=O) groups is 1. The molecule has 5 nitrogen and oxygen atoms in total. The van der Waals surface area contributed by atoms with E-state index < -0.39 is 0 Å². The molecule has 0 bridgehead atoms. The van der Waals surface area contributed by atoms with Crippen molar-refractivity contribution in [3.8, 4) is 11.3 Å². The molecule has 1 aromatic carbocycles. The van der Waals surface area contributed by atoms with Gasteiger partial charge in [0.2, 0.25) is 5.91 Å². The molecule has 1 aliphatic rings. The van der Waals surface area contributed by atoms with E-state index >= 15 is 0 Å². The normalized spacial score (nSPS) is 14.3. The van der Waals surface area contributed by atoms with Gasteiger partial charge in [-0.15, -0.1) is 0 Å². The topological polar surface area (TPSA) is 47.4 Å². The molecule has 0 aliphatic carbocycles. The third-order valence-corrected chi connectivity index (χ3v) is 5.17. The van der Waals surface area contributed by atoms with Crippen molar-refractivity contribution in [2.45, 2.75) is 24.5 Å². The van der Waals surface area contributed by atoms with Gasteiger partial charge in [-0.3, -0.25) is 4.79 Å². The number of rotatable bonds is 7. The molecule has 1 fully saturated rings. The largest absolute Gasteiger partial charge is 0.383 e. The number of likely N-dealkylation sites (tertiary alicyclic amines) is 1. The van der Waals surface area contributed by atoms with Crippen LogP contribution in [0.1, 0.15) is 12.8 Å². The van der Waals surface area contributed by atoms with Crippen LogP contribution >= 0.6 is 11.8 Å². The molecule has 128 valence electrons. The quantitative estimate of drug-likeness (QED) is 0.724. The van der Waals surface area contributed by atoms with Gasteiger partial charge in [0.25, 0.3) is 0 Å². The van der Waals surface area contributed by atoms with E-state index in [9.17, 15) is 4.79 Å². The number of thioether (sulfide) groups is 1. The lowest BCUT2D eigenvalue weighted by atomic mass is 10.2. The summed E-state index contributed by atoms with van der Waals surface area (Å²) >= 11 is 1.51. The summed E-state index contributed by atoms with van der Waals surface area (Å²) in [5.41, 5.74) is 2.18. The highest BCUT2D eigenvalue weighted by atomic mass is 32.2. The van der Waals surface area contributed by atoms with E-state index in [1.807, 2.05) is 29.3 Å². The standard InChI is InChI=1S/C18H23N3O2S/c1-23-12-11-21-16(15-7-3-2-4-8-15)13-19-18(21)24-14-17(22)20-9-5-6-10-20/h2-4,7-8,13H,5-6,9-12,14H2,1H3. The number of imidazole rings is 1. The van der Waals surface area contributed by atoms with Crippen LogP contribution in [0.3, 0.4) is 0 Å². The van der Waals surface area contributed by atoms with Gasteiger partial charge in [0, 0.05) is 26.7 Å². The molecular weight excluding hydrogens is 322 g/mol. The van der Waals surface area contributed by atoms with Gasteiger partial charge < -0.3 is 14.2 Å². The third kappa shape index (κ3) is 3.99. The van der Waals surface area contributed by atoms with Crippen LogP contribution in [0.25, 0.3) is 11.3 Å². The predicted molar refractivity (Wildman–Crippen MR) is 96.1 cm³/mol. The molecule has 3 rings (SSSR count). The number of hydrogen-bond donors (Lipinski definition) is 0. The van der Waals surface area contributed by atoms with E-state index in [0.29, 0.717) is 12.4 Å². The van der Waals surface area contributed by atoms with Gasteiger partial charge in [0.05, 0.1) is 24.3 Å². The molecule has 2 aromatic rings. The van der Waals surface area contributed by atoms with Crippen molar-refractivity contribution in [2.24, 2.45) is 0 Å². The Bertz CT molecular complexity index is 666. The highest BCUT2D eigenvalue weighted by Crippen LogP contribution is 2.26. The molecule has 0 atom stereocenters. The second-order valence-corrected chi connectivity index (χ2v) is 6.76. The van der Waals surface area contributed by atoms with E-state index in [0.717, 1.165) is 48.9 Å². The summed E-state index contributed by atoms with van der Waals surface area (Å²) in [5.74, 6) is 0.651. The number of ether oxygens (including phenoxy) is 1. The van der Waals surface area contributed by atoms with Crippen LogP contribution in [0.4, 0.5) is 0 Å². The summed E-state index contributed by atoms with van der Waals surface area (Å²) in [6.07, 6.45) is 4.13. The van der Waals surface area contributed by atoms with E-state index in [-0.39, 0.29) is 5.91 Å². The Balaban J connectivity index is 1.74. The molecule has 24 heavy (non-hydrogen) atoms. The zero-order valence-electron chi connectivity index (χ0n) is 14.0. The van der Waals surface area contributed by atoms with Crippen molar-refractivity contribution in [3.63, 3.8) is 0 Å². The molecular formula is C18H23N3O2S. The lowest BCUT2D eigenvalue weighted by Crippen LogP contribution is -2.29. The number of amides is 1. The van der Waals surface area contributed by atoms with Crippen molar-refractivity contribution in [2.75, 3.05) is 32.6 Å². The molecule has 2 heterocycles. The maximum absolute atomic E-state index is 12.3. The summed E-state index contributed by atoms with van der Waals surface area (Å²) in [6, 6.07) is 10.2. The Morgan fingerprint density at radius 3 is 2.71 bits per heavy atom. The van der Waals surface area contributed by atoms with Gasteiger partial charge in [0.15, 0.2) is 5.16 Å². The Morgan fingerprint density at radius 2 is 2.00 bits per heavy atom. The summed E-state index contributed by atoms with van der Waals surface area (Å²) in [6.45, 7) is 3.13. The lowest BCUT2D eigenvalue weighted by molar-refractivity contribution is -0.127. The van der Waals surface area contributed by atoms with E-state index in [1.54, 1.807) is 7.11 Å². The molecule has 1 amide bonds. The van der Waals surface area contributed by atoms with Crippen molar-refractivity contribution in [1.29, 1.82) is 0 Å². The van der Waals surface area contributed by atoms with Crippen LogP contribution in [0.2, 0.25) is 0 Å². The monoisotopic (exact) mass is 345 g/mol. The average Bonchev–Trinajstić information content (AvgIpc) is 3.28. The first-order chi connectivity index (χ1) is 11.8. The fourth-order valence-corrected chi connectivity index (χ4v) is 3.80. The Kier molecular flexibility index (Phi) is 5.93. The number of nitrogens with zero attached hydrogens (tertiary/aromatic N) is 3. The van der Waals surface area contributed by atoms with Crippen LogP contribution in [0, 0.1) is 0 Å². The molecule has 0 saturated carbocycles. The zero-order valence-corrected chi connectivity index (χ0v) is 14.8. The summed E-state index contributed by atoms with van der Waals surface area (Å²) in [7, 11) is 1.70. The van der Waals surface area contributed by atoms with Crippen molar-refractivity contribution < 1.29 is 9.53 Å². The molecule has 0 unspecified atom stereocenters. The number of benzene rings is 1. The average molecular weight is 345 g/mol. The Hall–Kier alpha value is -1.79. The molecule has 0 radical (unpaired) electrons. The zero-order chi connectivity index (χ0) is 16.8. The predicted octanol–water partition coefficient (Wildman–Crippen LogP) is 2.91. The van der Waals surface area contributed by atoms with Gasteiger partial charge in [-0.1, -0.05) is 42.1 Å². The summed E-state index contributed by atoms with van der Waals surface area (Å²) in [4.78, 5) is 18.8. The second kappa shape index (κ2) is 8.35. The maximum atomic E-state index is 12.3. The van der Waals surface area contributed by atoms with E-state index in [2.05, 4.69) is 21.7 Å². The molecule has 1 aromatic heterocycles. The van der Waals surface area contributed by atoms with E-state index in [1.165, 1.54) is 11.8 Å².